The van der Waals surface area contributed by atoms with Gasteiger partial charge in [0.1, 0.15) is 5.60 Å². The molecule has 1 N–H and O–H groups in total. The van der Waals surface area contributed by atoms with Crippen molar-refractivity contribution in [3.8, 4) is 0 Å². The molecule has 0 bridgehead atoms. The van der Waals surface area contributed by atoms with Gasteiger partial charge in [-0.25, -0.2) is 4.79 Å². The summed E-state index contributed by atoms with van der Waals surface area (Å²) in [5, 5.41) is 9.42. The van der Waals surface area contributed by atoms with Gasteiger partial charge in [0.05, 0.1) is 0 Å². The van der Waals surface area contributed by atoms with Crippen LogP contribution in [0.1, 0.15) is 53.0 Å². The molecule has 0 aliphatic carbocycles. The maximum Gasteiger partial charge on any atom is 0.410 e. The number of ether oxygens (including phenoxy) is 1. The van der Waals surface area contributed by atoms with Gasteiger partial charge in [-0.05, 0) is 39.2 Å². The summed E-state index contributed by atoms with van der Waals surface area (Å²) in [6, 6.07) is 10.3. The number of aliphatic hydroxyl groups excluding tert-OH is 1. The van der Waals surface area contributed by atoms with Crippen molar-refractivity contribution in [3.05, 3.63) is 35.9 Å². The molecule has 0 saturated carbocycles. The number of nitrogens with zero attached hydrogens (tertiary/aromatic N) is 2. The van der Waals surface area contributed by atoms with Gasteiger partial charge in [-0.2, -0.15) is 0 Å². The molecule has 1 atom stereocenters. The Bertz CT molecular complexity index is 514. The average molecular weight is 365 g/mol. The van der Waals surface area contributed by atoms with Crippen molar-refractivity contribution in [1.82, 2.24) is 9.80 Å². The van der Waals surface area contributed by atoms with Crippen LogP contribution < -0.4 is 0 Å². The van der Waals surface area contributed by atoms with Crippen molar-refractivity contribution in [1.29, 1.82) is 0 Å². The predicted octanol–water partition coefficient (Wildman–Crippen LogP) is 3.91. The fourth-order valence-corrected chi connectivity index (χ4v) is 3.08. The zero-order chi connectivity index (χ0) is 19.6. The van der Waals surface area contributed by atoms with Crippen molar-refractivity contribution in [2.75, 3.05) is 26.2 Å². The van der Waals surface area contributed by atoms with Crippen LogP contribution in [0.2, 0.25) is 0 Å². The molecule has 1 aromatic rings. The number of aliphatic hydroxyl groups is 1. The van der Waals surface area contributed by atoms with Crippen LogP contribution in [0.15, 0.2) is 30.3 Å². The van der Waals surface area contributed by atoms with Gasteiger partial charge in [0.25, 0.3) is 0 Å². The third kappa shape index (κ3) is 7.75. The largest absolute Gasteiger partial charge is 0.444 e. The molecular formula is C21H36N2O3. The number of benzene rings is 1. The molecule has 1 aromatic carbocycles. The van der Waals surface area contributed by atoms with E-state index in [2.05, 4.69) is 17.0 Å². The third-order valence-electron chi connectivity index (χ3n) is 4.12. The maximum atomic E-state index is 12.5. The van der Waals surface area contributed by atoms with Gasteiger partial charge in [-0.15, -0.1) is 0 Å². The number of carbonyl (C=O) groups is 1. The second-order valence-electron chi connectivity index (χ2n) is 7.41. The van der Waals surface area contributed by atoms with Crippen molar-refractivity contribution < 1.29 is 14.6 Å². The number of rotatable bonds is 4. The molecule has 1 heterocycles. The van der Waals surface area contributed by atoms with Crippen LogP contribution in [0.4, 0.5) is 4.79 Å². The summed E-state index contributed by atoms with van der Waals surface area (Å²) in [7, 11) is 0. The number of carbonyl (C=O) groups excluding carboxylic acids is 1. The molecule has 0 spiro atoms. The summed E-state index contributed by atoms with van der Waals surface area (Å²) in [6.45, 7) is 13.0. The first kappa shape index (κ1) is 22.5. The van der Waals surface area contributed by atoms with Gasteiger partial charge in [-0.1, -0.05) is 44.2 Å². The van der Waals surface area contributed by atoms with Crippen LogP contribution in [0.5, 0.6) is 0 Å². The molecule has 5 nitrogen and oxygen atoms in total. The molecular weight excluding hydrogens is 328 g/mol. The van der Waals surface area contributed by atoms with E-state index in [-0.39, 0.29) is 18.7 Å². The van der Waals surface area contributed by atoms with Gasteiger partial charge in [-0.3, -0.25) is 4.90 Å². The van der Waals surface area contributed by atoms with E-state index in [1.54, 1.807) is 4.90 Å². The Balaban J connectivity index is 0.00000163. The molecule has 0 radical (unpaired) electrons. The fourth-order valence-electron chi connectivity index (χ4n) is 3.08. The molecule has 5 heteroatoms. The van der Waals surface area contributed by atoms with Gasteiger partial charge in [0.15, 0.2) is 0 Å². The SMILES string of the molecule is CC.CC(C)(C)OC(=O)N1CCCN(Cc2ccccc2)CC1CCO. The molecule has 2 rings (SSSR count). The lowest BCUT2D eigenvalue weighted by Crippen LogP contribution is -2.46. The van der Waals surface area contributed by atoms with E-state index in [0.29, 0.717) is 13.0 Å². The Hall–Kier alpha value is -1.59. The first-order valence-corrected chi connectivity index (χ1v) is 9.76. The van der Waals surface area contributed by atoms with Gasteiger partial charge < -0.3 is 14.7 Å². The van der Waals surface area contributed by atoms with E-state index in [1.807, 2.05) is 52.8 Å². The summed E-state index contributed by atoms with van der Waals surface area (Å²) in [5.74, 6) is 0. The van der Waals surface area contributed by atoms with Crippen molar-refractivity contribution in [3.63, 3.8) is 0 Å². The van der Waals surface area contributed by atoms with E-state index in [1.165, 1.54) is 5.56 Å². The molecule has 1 amide bonds. The third-order valence-corrected chi connectivity index (χ3v) is 4.12. The monoisotopic (exact) mass is 364 g/mol. The first-order chi connectivity index (χ1) is 12.4. The van der Waals surface area contributed by atoms with E-state index in [0.717, 1.165) is 26.1 Å². The second-order valence-corrected chi connectivity index (χ2v) is 7.41. The lowest BCUT2D eigenvalue weighted by Gasteiger charge is -2.33. The van der Waals surface area contributed by atoms with Crippen LogP contribution >= 0.6 is 0 Å². The highest BCUT2D eigenvalue weighted by molar-refractivity contribution is 5.68. The first-order valence-electron chi connectivity index (χ1n) is 9.76. The molecule has 1 unspecified atom stereocenters. The fraction of sp³-hybridized carbons (Fsp3) is 0.667. The lowest BCUT2D eigenvalue weighted by atomic mass is 10.1. The minimum Gasteiger partial charge on any atom is -0.444 e. The highest BCUT2D eigenvalue weighted by atomic mass is 16.6. The van der Waals surface area contributed by atoms with E-state index in [9.17, 15) is 9.90 Å². The molecule has 1 aliphatic rings. The second kappa shape index (κ2) is 11.2. The molecule has 148 valence electrons. The molecule has 1 aliphatic heterocycles. The highest BCUT2D eigenvalue weighted by Crippen LogP contribution is 2.19. The Morgan fingerprint density at radius 3 is 2.42 bits per heavy atom. The number of hydrogen-bond donors (Lipinski definition) is 1. The lowest BCUT2D eigenvalue weighted by molar-refractivity contribution is 0.0137. The number of hydrogen-bond acceptors (Lipinski definition) is 4. The molecule has 26 heavy (non-hydrogen) atoms. The zero-order valence-corrected chi connectivity index (χ0v) is 17.1. The van der Waals surface area contributed by atoms with Gasteiger partial charge in [0, 0.05) is 38.8 Å². The van der Waals surface area contributed by atoms with Crippen molar-refractivity contribution >= 4 is 6.09 Å². The Kier molecular flexibility index (Phi) is 9.66. The van der Waals surface area contributed by atoms with Crippen LogP contribution in [-0.4, -0.2) is 58.9 Å². The summed E-state index contributed by atoms with van der Waals surface area (Å²) in [6.07, 6.45) is 1.21. The average Bonchev–Trinajstić information content (AvgIpc) is 2.79. The minimum absolute atomic E-state index is 0.0175. The van der Waals surface area contributed by atoms with E-state index < -0.39 is 5.60 Å². The zero-order valence-electron chi connectivity index (χ0n) is 17.1. The van der Waals surface area contributed by atoms with E-state index >= 15 is 0 Å². The predicted molar refractivity (Wildman–Crippen MR) is 106 cm³/mol. The summed E-state index contributed by atoms with van der Waals surface area (Å²) in [4.78, 5) is 16.7. The summed E-state index contributed by atoms with van der Waals surface area (Å²) < 4.78 is 5.55. The minimum atomic E-state index is -0.503. The molecule has 0 aromatic heterocycles. The Morgan fingerprint density at radius 2 is 1.85 bits per heavy atom. The quantitative estimate of drug-likeness (QED) is 0.880. The summed E-state index contributed by atoms with van der Waals surface area (Å²) in [5.41, 5.74) is 0.766. The highest BCUT2D eigenvalue weighted by Gasteiger charge is 2.31. The number of amides is 1. The van der Waals surface area contributed by atoms with Gasteiger partial charge in [0.2, 0.25) is 0 Å². The maximum absolute atomic E-state index is 12.5. The topological polar surface area (TPSA) is 53.0 Å². The standard InChI is InChI=1S/C19H30N2O3.C2H6/c1-19(2,3)24-18(23)21-12-7-11-20(15-17(21)10-13-22)14-16-8-5-4-6-9-16;1-2/h4-6,8-9,17,22H,7,10-15H2,1-3H3;1-2H3. The van der Waals surface area contributed by atoms with E-state index in [4.69, 9.17) is 4.74 Å². The van der Waals surface area contributed by atoms with Crippen LogP contribution in [-0.2, 0) is 11.3 Å². The van der Waals surface area contributed by atoms with Crippen LogP contribution in [0.25, 0.3) is 0 Å². The van der Waals surface area contributed by atoms with Crippen LogP contribution in [0, 0.1) is 0 Å². The molecule has 1 saturated heterocycles. The van der Waals surface area contributed by atoms with Crippen LogP contribution in [0.3, 0.4) is 0 Å². The van der Waals surface area contributed by atoms with Crippen molar-refractivity contribution in [2.45, 2.75) is 65.6 Å². The van der Waals surface area contributed by atoms with Gasteiger partial charge >= 0.3 is 6.09 Å². The smallest absolute Gasteiger partial charge is 0.410 e. The van der Waals surface area contributed by atoms with Crippen molar-refractivity contribution in [2.24, 2.45) is 0 Å². The molecule has 1 fully saturated rings. The Labute approximate surface area is 158 Å². The Morgan fingerprint density at radius 1 is 1.19 bits per heavy atom. The summed E-state index contributed by atoms with van der Waals surface area (Å²) >= 11 is 0. The normalized spacial score (nSPS) is 18.5.